The molecule has 84 valence electrons. The van der Waals surface area contributed by atoms with Crippen LogP contribution < -0.4 is 5.32 Å². The van der Waals surface area contributed by atoms with E-state index in [2.05, 4.69) is 26.2 Å². The Hall–Kier alpha value is -1.23. The molecule has 1 aromatic rings. The third-order valence-electron chi connectivity index (χ3n) is 2.63. The van der Waals surface area contributed by atoms with Gasteiger partial charge in [0, 0.05) is 23.5 Å². The number of rotatable bonds is 2. The Morgan fingerprint density at radius 3 is 2.88 bits per heavy atom. The van der Waals surface area contributed by atoms with Crippen LogP contribution in [0.2, 0.25) is 0 Å². The van der Waals surface area contributed by atoms with Gasteiger partial charge in [-0.05, 0) is 28.9 Å². The van der Waals surface area contributed by atoms with Gasteiger partial charge in [-0.25, -0.2) is 0 Å². The average molecular weight is 283 g/mol. The van der Waals surface area contributed by atoms with Crippen LogP contribution in [0.1, 0.15) is 18.5 Å². The van der Waals surface area contributed by atoms with Crippen molar-refractivity contribution >= 4 is 33.3 Å². The fraction of sp³-hybridized carbons (Fsp3) is 0.364. The molecular formula is C11H11BrN2O2. The third kappa shape index (κ3) is 2.29. The van der Waals surface area contributed by atoms with E-state index in [0.717, 1.165) is 10.2 Å². The van der Waals surface area contributed by atoms with Crippen LogP contribution in [0.3, 0.4) is 0 Å². The van der Waals surface area contributed by atoms with Crippen molar-refractivity contribution in [2.24, 2.45) is 5.92 Å². The van der Waals surface area contributed by atoms with Crippen molar-refractivity contribution in [1.82, 2.24) is 4.98 Å². The summed E-state index contributed by atoms with van der Waals surface area (Å²) in [7, 11) is 0. The molecule has 1 amide bonds. The number of aromatic nitrogens is 1. The monoisotopic (exact) mass is 282 g/mol. The highest BCUT2D eigenvalue weighted by atomic mass is 79.9. The highest BCUT2D eigenvalue weighted by Gasteiger charge is 2.32. The molecule has 16 heavy (non-hydrogen) atoms. The smallest absolute Gasteiger partial charge is 0.228 e. The second kappa shape index (κ2) is 4.33. The lowest BCUT2D eigenvalue weighted by atomic mass is 9.83. The zero-order valence-electron chi connectivity index (χ0n) is 8.79. The molecule has 4 nitrogen and oxygen atoms in total. The second-order valence-electron chi connectivity index (χ2n) is 3.92. The minimum atomic E-state index is -0.161. The van der Waals surface area contributed by atoms with E-state index in [1.165, 1.54) is 0 Å². The quantitative estimate of drug-likeness (QED) is 0.903. The van der Waals surface area contributed by atoms with E-state index >= 15 is 0 Å². The third-order valence-corrected chi connectivity index (χ3v) is 3.06. The van der Waals surface area contributed by atoms with Crippen LogP contribution in [0, 0.1) is 12.8 Å². The summed E-state index contributed by atoms with van der Waals surface area (Å²) in [6, 6.07) is 1.81. The molecule has 1 heterocycles. The summed E-state index contributed by atoms with van der Waals surface area (Å²) in [6.45, 7) is 1.83. The highest BCUT2D eigenvalue weighted by molar-refractivity contribution is 9.10. The van der Waals surface area contributed by atoms with Gasteiger partial charge in [-0.1, -0.05) is 0 Å². The van der Waals surface area contributed by atoms with Crippen LogP contribution in [0.25, 0.3) is 0 Å². The van der Waals surface area contributed by atoms with Crippen LogP contribution in [0.5, 0.6) is 0 Å². The number of carbonyl (C=O) groups is 2. The van der Waals surface area contributed by atoms with Gasteiger partial charge in [0.25, 0.3) is 0 Å². The van der Waals surface area contributed by atoms with Crippen LogP contribution >= 0.6 is 15.9 Å². The number of anilines is 1. The SMILES string of the molecule is Cc1ncc(Br)cc1NC(=O)C1CC(=O)C1. The molecule has 1 aliphatic rings. The van der Waals surface area contributed by atoms with Gasteiger partial charge < -0.3 is 5.32 Å². The van der Waals surface area contributed by atoms with Crippen molar-refractivity contribution in [2.75, 3.05) is 5.32 Å². The van der Waals surface area contributed by atoms with Crippen LogP contribution in [-0.4, -0.2) is 16.7 Å². The Balaban J connectivity index is 2.06. The van der Waals surface area contributed by atoms with Gasteiger partial charge in [-0.15, -0.1) is 0 Å². The summed E-state index contributed by atoms with van der Waals surface area (Å²) in [5, 5.41) is 2.79. The topological polar surface area (TPSA) is 59.1 Å². The van der Waals surface area contributed by atoms with E-state index in [-0.39, 0.29) is 17.6 Å². The van der Waals surface area contributed by atoms with Crippen LogP contribution in [-0.2, 0) is 9.59 Å². The fourth-order valence-electron chi connectivity index (χ4n) is 1.54. The Morgan fingerprint density at radius 2 is 2.25 bits per heavy atom. The predicted octanol–water partition coefficient (Wildman–Crippen LogP) is 2.07. The molecule has 0 aliphatic heterocycles. The summed E-state index contributed by atoms with van der Waals surface area (Å²) in [4.78, 5) is 26.6. The standard InChI is InChI=1S/C11H11BrN2O2/c1-6-10(4-8(12)5-13-6)14-11(16)7-2-9(15)3-7/h4-5,7H,2-3H2,1H3,(H,14,16). The molecule has 1 aromatic heterocycles. The molecule has 2 rings (SSSR count). The zero-order valence-corrected chi connectivity index (χ0v) is 10.4. The first-order chi connectivity index (χ1) is 7.56. The molecule has 1 N–H and O–H groups in total. The number of halogens is 1. The number of carbonyl (C=O) groups excluding carboxylic acids is 2. The van der Waals surface area contributed by atoms with Gasteiger partial charge in [-0.2, -0.15) is 0 Å². The lowest BCUT2D eigenvalue weighted by molar-refractivity contribution is -0.135. The number of amides is 1. The first-order valence-corrected chi connectivity index (χ1v) is 5.80. The van der Waals surface area contributed by atoms with Crippen LogP contribution in [0.4, 0.5) is 5.69 Å². The van der Waals surface area contributed by atoms with Gasteiger partial charge in [0.1, 0.15) is 5.78 Å². The first-order valence-electron chi connectivity index (χ1n) is 5.01. The maximum atomic E-state index is 11.7. The number of nitrogens with zero attached hydrogens (tertiary/aromatic N) is 1. The molecule has 5 heteroatoms. The summed E-state index contributed by atoms with van der Waals surface area (Å²) >= 11 is 3.30. The summed E-state index contributed by atoms with van der Waals surface area (Å²) in [6.07, 6.45) is 2.41. The van der Waals surface area contributed by atoms with E-state index in [0.29, 0.717) is 18.5 Å². The lowest BCUT2D eigenvalue weighted by Crippen LogP contribution is -2.34. The Morgan fingerprint density at radius 1 is 1.56 bits per heavy atom. The van der Waals surface area contributed by atoms with E-state index in [4.69, 9.17) is 0 Å². The molecule has 1 fully saturated rings. The molecule has 0 unspecified atom stereocenters. The fourth-order valence-corrected chi connectivity index (χ4v) is 1.88. The van der Waals surface area contributed by atoms with Gasteiger partial charge in [0.2, 0.25) is 5.91 Å². The van der Waals surface area contributed by atoms with Crippen molar-refractivity contribution in [3.63, 3.8) is 0 Å². The van der Waals surface area contributed by atoms with Crippen molar-refractivity contribution in [3.8, 4) is 0 Å². The zero-order chi connectivity index (χ0) is 11.7. The number of aryl methyl sites for hydroxylation is 1. The molecule has 0 bridgehead atoms. The number of hydrogen-bond acceptors (Lipinski definition) is 3. The van der Waals surface area contributed by atoms with Crippen molar-refractivity contribution in [2.45, 2.75) is 19.8 Å². The molecule has 0 aromatic carbocycles. The largest absolute Gasteiger partial charge is 0.324 e. The van der Waals surface area contributed by atoms with Gasteiger partial charge >= 0.3 is 0 Å². The predicted molar refractivity (Wildman–Crippen MR) is 63.0 cm³/mol. The molecule has 1 saturated carbocycles. The van der Waals surface area contributed by atoms with Crippen molar-refractivity contribution in [1.29, 1.82) is 0 Å². The van der Waals surface area contributed by atoms with Crippen LogP contribution in [0.15, 0.2) is 16.7 Å². The van der Waals surface area contributed by atoms with E-state index in [1.807, 2.05) is 6.92 Å². The minimum Gasteiger partial charge on any atom is -0.324 e. The molecule has 0 atom stereocenters. The lowest BCUT2D eigenvalue weighted by Gasteiger charge is -2.23. The molecule has 1 aliphatic carbocycles. The molecule has 0 radical (unpaired) electrons. The first kappa shape index (κ1) is 11.3. The Bertz CT molecular complexity index is 451. The number of Topliss-reactive ketones (excluding diaryl/α,β-unsaturated/α-hetero) is 1. The van der Waals surface area contributed by atoms with E-state index in [9.17, 15) is 9.59 Å². The number of ketones is 1. The number of nitrogens with one attached hydrogen (secondary N) is 1. The Labute approximate surface area is 102 Å². The van der Waals surface area contributed by atoms with Gasteiger partial charge in [0.05, 0.1) is 17.3 Å². The molecule has 0 saturated heterocycles. The summed E-state index contributed by atoms with van der Waals surface area (Å²) in [5.41, 5.74) is 1.46. The maximum absolute atomic E-state index is 11.7. The normalized spacial score (nSPS) is 15.8. The number of hydrogen-bond donors (Lipinski definition) is 1. The highest BCUT2D eigenvalue weighted by Crippen LogP contribution is 2.25. The van der Waals surface area contributed by atoms with Gasteiger partial charge in [-0.3, -0.25) is 14.6 Å². The van der Waals surface area contributed by atoms with E-state index in [1.54, 1.807) is 12.3 Å². The van der Waals surface area contributed by atoms with Gasteiger partial charge in [0.15, 0.2) is 0 Å². The Kier molecular flexibility index (Phi) is 3.05. The summed E-state index contributed by atoms with van der Waals surface area (Å²) in [5.74, 6) is -0.0993. The number of pyridine rings is 1. The minimum absolute atomic E-state index is 0.0948. The summed E-state index contributed by atoms with van der Waals surface area (Å²) < 4.78 is 0.818. The van der Waals surface area contributed by atoms with Crippen molar-refractivity contribution < 1.29 is 9.59 Å². The molecule has 0 spiro atoms. The maximum Gasteiger partial charge on any atom is 0.228 e. The average Bonchev–Trinajstić information content (AvgIpc) is 2.19. The second-order valence-corrected chi connectivity index (χ2v) is 4.84. The molecular weight excluding hydrogens is 272 g/mol. The van der Waals surface area contributed by atoms with E-state index < -0.39 is 0 Å². The van der Waals surface area contributed by atoms with Crippen molar-refractivity contribution in [3.05, 3.63) is 22.4 Å².